The highest BCUT2D eigenvalue weighted by molar-refractivity contribution is 7.11. The number of aromatic nitrogens is 1. The number of nitrogens with two attached hydrogens (primary N) is 1. The molecule has 0 spiro atoms. The third-order valence-corrected chi connectivity index (χ3v) is 3.60. The highest BCUT2D eigenvalue weighted by atomic mass is 32.1. The molecule has 0 aliphatic carbocycles. The molecule has 2 aromatic rings. The Hall–Kier alpha value is -2.52. The van der Waals surface area contributed by atoms with E-state index in [1.165, 1.54) is 29.5 Å². The molecule has 1 aromatic carbocycles. The van der Waals surface area contributed by atoms with Crippen molar-refractivity contribution in [2.45, 2.75) is 13.5 Å². The van der Waals surface area contributed by atoms with Gasteiger partial charge in [-0.25, -0.2) is 4.98 Å². The summed E-state index contributed by atoms with van der Waals surface area (Å²) < 4.78 is 0. The largest absolute Gasteiger partial charge is 0.345 e. The lowest BCUT2D eigenvalue weighted by molar-refractivity contribution is -0.384. The lowest BCUT2D eigenvalue weighted by Crippen LogP contribution is -2.24. The average molecular weight is 307 g/mol. The molecule has 21 heavy (non-hydrogen) atoms. The summed E-state index contributed by atoms with van der Waals surface area (Å²) in [6.45, 7) is 2.12. The van der Waals surface area contributed by atoms with Crippen molar-refractivity contribution < 1.29 is 9.72 Å². The molecule has 2 rings (SSSR count). The molecule has 1 heterocycles. The van der Waals surface area contributed by atoms with Crippen LogP contribution in [0.25, 0.3) is 0 Å². The van der Waals surface area contributed by atoms with E-state index < -0.39 is 10.8 Å². The SMILES string of the molecule is Cc1cnc(CNC(=O)c2cccc(NN)c2[N+](=O)[O-])s1. The number of nitro benzene ring substituents is 1. The molecular weight excluding hydrogens is 294 g/mol. The summed E-state index contributed by atoms with van der Waals surface area (Å²) >= 11 is 1.45. The average Bonchev–Trinajstić information content (AvgIpc) is 2.89. The van der Waals surface area contributed by atoms with Crippen molar-refractivity contribution in [2.24, 2.45) is 5.84 Å². The van der Waals surface area contributed by atoms with Gasteiger partial charge in [-0.05, 0) is 19.1 Å². The molecule has 4 N–H and O–H groups in total. The van der Waals surface area contributed by atoms with Gasteiger partial charge in [0.1, 0.15) is 16.3 Å². The number of para-hydroxylation sites is 1. The van der Waals surface area contributed by atoms with E-state index in [9.17, 15) is 14.9 Å². The smallest absolute Gasteiger partial charge is 0.306 e. The van der Waals surface area contributed by atoms with Crippen molar-refractivity contribution in [3.05, 3.63) is 50.0 Å². The van der Waals surface area contributed by atoms with Gasteiger partial charge in [0.05, 0.1) is 11.5 Å². The summed E-state index contributed by atoms with van der Waals surface area (Å²) in [7, 11) is 0. The number of hydrogen-bond acceptors (Lipinski definition) is 7. The first-order chi connectivity index (χ1) is 10.0. The van der Waals surface area contributed by atoms with Crippen LogP contribution in [0.4, 0.5) is 11.4 Å². The molecule has 110 valence electrons. The lowest BCUT2D eigenvalue weighted by Gasteiger charge is -2.07. The summed E-state index contributed by atoms with van der Waals surface area (Å²) in [5.41, 5.74) is 1.89. The molecule has 9 heteroatoms. The second-order valence-electron chi connectivity index (χ2n) is 4.15. The zero-order valence-corrected chi connectivity index (χ0v) is 11.9. The quantitative estimate of drug-likeness (QED) is 0.438. The van der Waals surface area contributed by atoms with Crippen LogP contribution in [-0.4, -0.2) is 15.8 Å². The van der Waals surface area contributed by atoms with E-state index in [0.29, 0.717) is 0 Å². The molecule has 1 aromatic heterocycles. The van der Waals surface area contributed by atoms with Gasteiger partial charge in [0.25, 0.3) is 5.91 Å². The van der Waals surface area contributed by atoms with Crippen LogP contribution >= 0.6 is 11.3 Å². The molecule has 0 fully saturated rings. The van der Waals surface area contributed by atoms with Gasteiger partial charge in [0.15, 0.2) is 0 Å². The fraction of sp³-hybridized carbons (Fsp3) is 0.167. The van der Waals surface area contributed by atoms with Crippen molar-refractivity contribution in [3.63, 3.8) is 0 Å². The zero-order valence-electron chi connectivity index (χ0n) is 11.1. The molecule has 1 amide bonds. The van der Waals surface area contributed by atoms with E-state index in [1.54, 1.807) is 6.20 Å². The Morgan fingerprint density at radius 2 is 2.29 bits per heavy atom. The topological polar surface area (TPSA) is 123 Å². The van der Waals surface area contributed by atoms with Gasteiger partial charge in [-0.3, -0.25) is 20.8 Å². The normalized spacial score (nSPS) is 10.2. The highest BCUT2D eigenvalue weighted by Gasteiger charge is 2.24. The minimum atomic E-state index is -0.641. The van der Waals surface area contributed by atoms with Crippen LogP contribution in [-0.2, 0) is 6.54 Å². The van der Waals surface area contributed by atoms with Gasteiger partial charge < -0.3 is 10.7 Å². The summed E-state index contributed by atoms with van der Waals surface area (Å²) in [5.74, 6) is 4.68. The predicted molar refractivity (Wildman–Crippen MR) is 78.9 cm³/mol. The number of aryl methyl sites for hydroxylation is 1. The van der Waals surface area contributed by atoms with Gasteiger partial charge in [-0.2, -0.15) is 0 Å². The number of carbonyl (C=O) groups excluding carboxylic acids is 1. The maximum Gasteiger partial charge on any atom is 0.306 e. The van der Waals surface area contributed by atoms with Gasteiger partial charge in [0.2, 0.25) is 0 Å². The monoisotopic (exact) mass is 307 g/mol. The number of hydrazine groups is 1. The Bertz CT molecular complexity index is 685. The van der Waals surface area contributed by atoms with E-state index in [2.05, 4.69) is 15.7 Å². The number of anilines is 1. The summed E-state index contributed by atoms with van der Waals surface area (Å²) in [5, 5.41) is 14.4. The van der Waals surface area contributed by atoms with Crippen LogP contribution in [0, 0.1) is 17.0 Å². The van der Waals surface area contributed by atoms with Gasteiger partial charge in [0, 0.05) is 11.1 Å². The predicted octanol–water partition coefficient (Wildman–Crippen LogP) is 1.58. The van der Waals surface area contributed by atoms with Gasteiger partial charge in [-0.1, -0.05) is 6.07 Å². The van der Waals surface area contributed by atoms with Crippen LogP contribution < -0.4 is 16.6 Å². The number of amides is 1. The molecule has 0 bridgehead atoms. The van der Waals surface area contributed by atoms with E-state index >= 15 is 0 Å². The number of hydrogen-bond donors (Lipinski definition) is 3. The summed E-state index contributed by atoms with van der Waals surface area (Å²) in [6.07, 6.45) is 1.70. The maximum atomic E-state index is 12.1. The van der Waals surface area contributed by atoms with E-state index in [0.717, 1.165) is 9.88 Å². The van der Waals surface area contributed by atoms with Gasteiger partial charge in [-0.15, -0.1) is 11.3 Å². The first-order valence-electron chi connectivity index (χ1n) is 5.96. The van der Waals surface area contributed by atoms with Crippen molar-refractivity contribution >= 4 is 28.6 Å². The van der Waals surface area contributed by atoms with E-state index in [1.807, 2.05) is 6.92 Å². The van der Waals surface area contributed by atoms with Gasteiger partial charge >= 0.3 is 5.69 Å². The lowest BCUT2D eigenvalue weighted by atomic mass is 10.1. The molecular formula is C12H13N5O3S. The van der Waals surface area contributed by atoms with E-state index in [4.69, 9.17) is 5.84 Å². The number of nitro groups is 1. The van der Waals surface area contributed by atoms with Crippen molar-refractivity contribution in [3.8, 4) is 0 Å². The minimum Gasteiger partial charge on any atom is -0.345 e. The Morgan fingerprint density at radius 3 is 2.86 bits per heavy atom. The van der Waals surface area contributed by atoms with Crippen LogP contribution in [0.5, 0.6) is 0 Å². The van der Waals surface area contributed by atoms with Crippen LogP contribution in [0.3, 0.4) is 0 Å². The number of carbonyl (C=O) groups is 1. The number of thiazole rings is 1. The molecule has 0 atom stereocenters. The summed E-state index contributed by atoms with van der Waals surface area (Å²) in [4.78, 5) is 27.7. The minimum absolute atomic E-state index is 0.0521. The third-order valence-electron chi connectivity index (χ3n) is 2.69. The van der Waals surface area contributed by atoms with Crippen LogP contribution in [0.2, 0.25) is 0 Å². The van der Waals surface area contributed by atoms with E-state index in [-0.39, 0.29) is 23.5 Å². The standard InChI is InChI=1S/C12H13N5O3S/c1-7-5-14-10(21-7)6-15-12(18)8-3-2-4-9(16-13)11(8)17(19)20/h2-5,16H,6,13H2,1H3,(H,15,18). The van der Waals surface area contributed by atoms with Crippen molar-refractivity contribution in [1.29, 1.82) is 0 Å². The number of benzene rings is 1. The first kappa shape index (κ1) is 14.9. The second kappa shape index (κ2) is 6.29. The second-order valence-corrected chi connectivity index (χ2v) is 5.47. The number of nitrogens with zero attached hydrogens (tertiary/aromatic N) is 2. The first-order valence-corrected chi connectivity index (χ1v) is 6.78. The Morgan fingerprint density at radius 1 is 1.52 bits per heavy atom. The molecule has 0 unspecified atom stereocenters. The third kappa shape index (κ3) is 3.33. The van der Waals surface area contributed by atoms with Crippen molar-refractivity contribution in [1.82, 2.24) is 10.3 Å². The molecule has 8 nitrogen and oxygen atoms in total. The van der Waals surface area contributed by atoms with Crippen molar-refractivity contribution in [2.75, 3.05) is 5.43 Å². The fourth-order valence-electron chi connectivity index (χ4n) is 1.77. The molecule has 0 aliphatic heterocycles. The number of nitrogens with one attached hydrogen (secondary N) is 2. The molecule has 0 saturated heterocycles. The van der Waals surface area contributed by atoms with Crippen LogP contribution in [0.15, 0.2) is 24.4 Å². The molecule has 0 radical (unpaired) electrons. The fourth-order valence-corrected chi connectivity index (χ4v) is 2.50. The Labute approximate surface area is 124 Å². The zero-order chi connectivity index (χ0) is 15.4. The molecule has 0 saturated carbocycles. The number of rotatable bonds is 5. The summed E-state index contributed by atoms with van der Waals surface area (Å²) in [6, 6.07) is 4.32. The molecule has 0 aliphatic rings. The Balaban J connectivity index is 2.20. The van der Waals surface area contributed by atoms with Crippen LogP contribution in [0.1, 0.15) is 20.2 Å². The Kier molecular flexibility index (Phi) is 4.45. The number of nitrogen functional groups attached to an aromatic ring is 1. The highest BCUT2D eigenvalue weighted by Crippen LogP contribution is 2.27. The maximum absolute atomic E-state index is 12.1.